The van der Waals surface area contributed by atoms with Crippen LogP contribution in [0.15, 0.2) is 24.3 Å². The van der Waals surface area contributed by atoms with E-state index in [1.54, 1.807) is 0 Å². The number of esters is 3. The standard InChI is InChI=1S/C61H110O12/c1-4-7-10-13-16-19-22-25-26-27-28-31-34-37-40-43-46-49-55(64)72-59-57(66)56(65)58(60(67)68)73-61(59)70-51-52(71-54(63)48-45-42-39-36-33-30-24-21-18-15-12-9-6-3)50-69-53(62)47-44-41-38-35-32-29-23-20-17-14-11-8-5-2/h20,23,25-26,52,56-59,61,65-66H,4-19,21-22,24,27-51H2,1-3H3,(H,67,68)/b23-20-,26-25-. The largest absolute Gasteiger partial charge is 0.479 e. The molecule has 1 fully saturated rings. The third-order valence-corrected chi connectivity index (χ3v) is 14.0. The molecule has 0 amide bonds. The second kappa shape index (κ2) is 50.0. The van der Waals surface area contributed by atoms with Crippen molar-refractivity contribution in [3.05, 3.63) is 24.3 Å². The summed E-state index contributed by atoms with van der Waals surface area (Å²) in [6.07, 6.45) is 44.3. The van der Waals surface area contributed by atoms with Crippen LogP contribution in [0.1, 0.15) is 290 Å². The molecule has 0 radical (unpaired) electrons. The maximum absolute atomic E-state index is 13.1. The Morgan fingerprint density at radius 3 is 1.18 bits per heavy atom. The van der Waals surface area contributed by atoms with Crippen LogP contribution in [0.25, 0.3) is 0 Å². The summed E-state index contributed by atoms with van der Waals surface area (Å²) in [6, 6.07) is 0. The SMILES string of the molecule is CCCCCC/C=C\CCCCCCCC(=O)OCC(COC1OC(C(=O)O)C(O)C(O)C1OC(=O)CCCCCCCCC/C=C\CCCCCCCC)OC(=O)CCCCCCCCCCCCCCC. The summed E-state index contributed by atoms with van der Waals surface area (Å²) in [6.45, 7) is 5.99. The van der Waals surface area contributed by atoms with Crippen molar-refractivity contribution < 1.29 is 58.2 Å². The van der Waals surface area contributed by atoms with E-state index in [1.165, 1.54) is 141 Å². The Kier molecular flexibility index (Phi) is 46.8. The van der Waals surface area contributed by atoms with Crippen LogP contribution in [0, 0.1) is 0 Å². The highest BCUT2D eigenvalue weighted by molar-refractivity contribution is 5.74. The first kappa shape index (κ1) is 68.2. The van der Waals surface area contributed by atoms with E-state index in [0.717, 1.165) is 89.9 Å². The quantitative estimate of drug-likeness (QED) is 0.0228. The Morgan fingerprint density at radius 2 is 0.781 bits per heavy atom. The maximum atomic E-state index is 13.1. The molecule has 1 rings (SSSR count). The van der Waals surface area contributed by atoms with E-state index < -0.39 is 67.3 Å². The molecule has 0 aliphatic carbocycles. The van der Waals surface area contributed by atoms with Gasteiger partial charge in [0.25, 0.3) is 0 Å². The molecule has 426 valence electrons. The number of carboxylic acid groups (broad SMARTS) is 1. The maximum Gasteiger partial charge on any atom is 0.335 e. The van der Waals surface area contributed by atoms with Gasteiger partial charge in [-0.05, 0) is 70.6 Å². The highest BCUT2D eigenvalue weighted by atomic mass is 16.7. The van der Waals surface area contributed by atoms with Crippen LogP contribution in [0.4, 0.5) is 0 Å². The van der Waals surface area contributed by atoms with Gasteiger partial charge in [-0.15, -0.1) is 0 Å². The van der Waals surface area contributed by atoms with Gasteiger partial charge in [0, 0.05) is 19.3 Å². The fourth-order valence-corrected chi connectivity index (χ4v) is 9.30. The van der Waals surface area contributed by atoms with Crippen molar-refractivity contribution in [2.24, 2.45) is 0 Å². The van der Waals surface area contributed by atoms with Crippen molar-refractivity contribution >= 4 is 23.9 Å². The highest BCUT2D eigenvalue weighted by Gasteiger charge is 2.50. The van der Waals surface area contributed by atoms with Crippen LogP contribution in [-0.4, -0.2) is 89.2 Å². The van der Waals surface area contributed by atoms with Gasteiger partial charge >= 0.3 is 23.9 Å². The average Bonchev–Trinajstić information content (AvgIpc) is 3.37. The lowest BCUT2D eigenvalue weighted by Crippen LogP contribution is -2.61. The van der Waals surface area contributed by atoms with Gasteiger partial charge in [0.05, 0.1) is 6.61 Å². The van der Waals surface area contributed by atoms with Crippen molar-refractivity contribution in [1.82, 2.24) is 0 Å². The molecule has 0 saturated carbocycles. The summed E-state index contributed by atoms with van der Waals surface area (Å²) >= 11 is 0. The molecule has 12 nitrogen and oxygen atoms in total. The first-order valence-corrected chi connectivity index (χ1v) is 30.3. The molecule has 0 spiro atoms. The molecule has 0 aromatic rings. The Morgan fingerprint density at radius 1 is 0.438 bits per heavy atom. The Balaban J connectivity index is 2.67. The lowest BCUT2D eigenvalue weighted by molar-refractivity contribution is -0.301. The number of ether oxygens (including phenoxy) is 5. The zero-order valence-electron chi connectivity index (χ0n) is 46.9. The number of hydrogen-bond acceptors (Lipinski definition) is 11. The second-order valence-corrected chi connectivity index (χ2v) is 21.0. The van der Waals surface area contributed by atoms with E-state index in [-0.39, 0.29) is 25.9 Å². The van der Waals surface area contributed by atoms with E-state index in [9.17, 15) is 34.5 Å². The minimum Gasteiger partial charge on any atom is -0.479 e. The molecule has 6 unspecified atom stereocenters. The molecule has 1 heterocycles. The summed E-state index contributed by atoms with van der Waals surface area (Å²) in [7, 11) is 0. The normalized spacial score (nSPS) is 18.4. The summed E-state index contributed by atoms with van der Waals surface area (Å²) in [4.78, 5) is 51.1. The fourth-order valence-electron chi connectivity index (χ4n) is 9.30. The zero-order chi connectivity index (χ0) is 53.3. The molecule has 1 aliphatic heterocycles. The lowest BCUT2D eigenvalue weighted by Gasteiger charge is -2.40. The van der Waals surface area contributed by atoms with E-state index in [4.69, 9.17) is 23.7 Å². The van der Waals surface area contributed by atoms with Gasteiger partial charge < -0.3 is 39.0 Å². The number of aliphatic hydroxyl groups excluding tert-OH is 2. The highest BCUT2D eigenvalue weighted by Crippen LogP contribution is 2.27. The van der Waals surface area contributed by atoms with Crippen LogP contribution in [0.3, 0.4) is 0 Å². The Hall–Kier alpha value is -2.80. The predicted molar refractivity (Wildman–Crippen MR) is 294 cm³/mol. The molecule has 0 aromatic carbocycles. The third-order valence-electron chi connectivity index (χ3n) is 14.0. The van der Waals surface area contributed by atoms with Crippen molar-refractivity contribution in [1.29, 1.82) is 0 Å². The van der Waals surface area contributed by atoms with Crippen molar-refractivity contribution in [3.63, 3.8) is 0 Å². The number of hydrogen-bond donors (Lipinski definition) is 3. The zero-order valence-corrected chi connectivity index (χ0v) is 46.9. The number of allylic oxidation sites excluding steroid dienone is 4. The monoisotopic (exact) mass is 1030 g/mol. The number of rotatable bonds is 52. The predicted octanol–water partition coefficient (Wildman–Crippen LogP) is 15.5. The molecule has 0 bridgehead atoms. The lowest BCUT2D eigenvalue weighted by atomic mass is 9.98. The summed E-state index contributed by atoms with van der Waals surface area (Å²) < 4.78 is 28.4. The average molecular weight is 1040 g/mol. The minimum absolute atomic E-state index is 0.0593. The van der Waals surface area contributed by atoms with Crippen LogP contribution >= 0.6 is 0 Å². The first-order valence-electron chi connectivity index (χ1n) is 30.3. The van der Waals surface area contributed by atoms with Gasteiger partial charge in [0.1, 0.15) is 18.8 Å². The summed E-state index contributed by atoms with van der Waals surface area (Å²) in [5.74, 6) is -3.11. The van der Waals surface area contributed by atoms with Crippen LogP contribution in [-0.2, 0) is 42.9 Å². The van der Waals surface area contributed by atoms with Crippen molar-refractivity contribution in [2.45, 2.75) is 327 Å². The molecule has 0 aromatic heterocycles. The van der Waals surface area contributed by atoms with Gasteiger partial charge in [-0.2, -0.15) is 0 Å². The van der Waals surface area contributed by atoms with E-state index >= 15 is 0 Å². The van der Waals surface area contributed by atoms with Crippen LogP contribution in [0.2, 0.25) is 0 Å². The second-order valence-electron chi connectivity index (χ2n) is 21.0. The van der Waals surface area contributed by atoms with E-state index in [2.05, 4.69) is 45.1 Å². The fraction of sp³-hybridized carbons (Fsp3) is 0.869. The van der Waals surface area contributed by atoms with Gasteiger partial charge in [-0.1, -0.05) is 225 Å². The smallest absolute Gasteiger partial charge is 0.335 e. The van der Waals surface area contributed by atoms with Crippen molar-refractivity contribution in [3.8, 4) is 0 Å². The molecule has 3 N–H and O–H groups in total. The molecule has 6 atom stereocenters. The molecular weight excluding hydrogens is 925 g/mol. The number of carbonyl (C=O) groups is 4. The van der Waals surface area contributed by atoms with Crippen LogP contribution < -0.4 is 0 Å². The summed E-state index contributed by atoms with van der Waals surface area (Å²) in [5, 5.41) is 31.5. The molecule has 12 heteroatoms. The van der Waals surface area contributed by atoms with Crippen LogP contribution in [0.5, 0.6) is 0 Å². The molecule has 73 heavy (non-hydrogen) atoms. The van der Waals surface area contributed by atoms with Gasteiger partial charge in [0.2, 0.25) is 0 Å². The Labute approximate surface area is 445 Å². The third kappa shape index (κ3) is 40.2. The topological polar surface area (TPSA) is 175 Å². The van der Waals surface area contributed by atoms with Gasteiger partial charge in [-0.3, -0.25) is 14.4 Å². The first-order chi connectivity index (χ1) is 35.6. The minimum atomic E-state index is -1.90. The van der Waals surface area contributed by atoms with Crippen molar-refractivity contribution in [2.75, 3.05) is 13.2 Å². The number of aliphatic carboxylic acids is 1. The van der Waals surface area contributed by atoms with E-state index in [1.807, 2.05) is 0 Å². The summed E-state index contributed by atoms with van der Waals surface area (Å²) in [5.41, 5.74) is 0. The number of aliphatic hydroxyl groups is 2. The van der Waals surface area contributed by atoms with E-state index in [0.29, 0.717) is 19.3 Å². The Bertz CT molecular complexity index is 1370. The van der Waals surface area contributed by atoms with Gasteiger partial charge in [-0.25, -0.2) is 4.79 Å². The number of unbranched alkanes of at least 4 members (excludes halogenated alkanes) is 34. The van der Waals surface area contributed by atoms with Gasteiger partial charge in [0.15, 0.2) is 24.6 Å². The number of carbonyl (C=O) groups excluding carboxylic acids is 3. The molecule has 1 aliphatic rings. The number of carboxylic acids is 1. The molecular formula is C61H110O12. The molecule has 1 saturated heterocycles.